The molecule has 2 rings (SSSR count). The molecule has 0 unspecified atom stereocenters. The van der Waals surface area contributed by atoms with Gasteiger partial charge in [-0.25, -0.2) is 8.78 Å². The number of hydrogen-bond acceptors (Lipinski definition) is 2. The van der Waals surface area contributed by atoms with E-state index in [0.717, 1.165) is 25.0 Å². The van der Waals surface area contributed by atoms with E-state index < -0.39 is 17.5 Å². The highest BCUT2D eigenvalue weighted by atomic mass is 35.5. The second-order valence-electron chi connectivity index (χ2n) is 5.35. The SMILES string of the molecule is CNC1(C)CCN(C(=O)c2cc(F)c(Cl)cc2F)CC1. The number of piperidine rings is 1. The lowest BCUT2D eigenvalue weighted by atomic mass is 9.89. The molecule has 20 heavy (non-hydrogen) atoms. The number of amides is 1. The highest BCUT2D eigenvalue weighted by molar-refractivity contribution is 6.30. The van der Waals surface area contributed by atoms with Crippen molar-refractivity contribution in [2.75, 3.05) is 20.1 Å². The zero-order valence-corrected chi connectivity index (χ0v) is 12.2. The molecular weight excluding hydrogens is 286 g/mol. The maximum atomic E-state index is 13.7. The van der Waals surface area contributed by atoms with Crippen LogP contribution in [0, 0.1) is 11.6 Å². The lowest BCUT2D eigenvalue weighted by Crippen LogP contribution is -2.51. The van der Waals surface area contributed by atoms with Crippen molar-refractivity contribution in [3.63, 3.8) is 0 Å². The summed E-state index contributed by atoms with van der Waals surface area (Å²) in [4.78, 5) is 13.8. The third kappa shape index (κ3) is 2.94. The van der Waals surface area contributed by atoms with Gasteiger partial charge in [0.2, 0.25) is 0 Å². The van der Waals surface area contributed by atoms with E-state index in [9.17, 15) is 13.6 Å². The van der Waals surface area contributed by atoms with Crippen LogP contribution in [0.3, 0.4) is 0 Å². The van der Waals surface area contributed by atoms with Crippen molar-refractivity contribution in [1.29, 1.82) is 0 Å². The molecule has 0 aromatic heterocycles. The summed E-state index contributed by atoms with van der Waals surface area (Å²) in [7, 11) is 1.88. The minimum atomic E-state index is -0.789. The number of carbonyl (C=O) groups is 1. The number of likely N-dealkylation sites (tertiary alicyclic amines) is 1. The quantitative estimate of drug-likeness (QED) is 0.852. The smallest absolute Gasteiger partial charge is 0.256 e. The molecule has 0 aliphatic carbocycles. The molecule has 1 aromatic rings. The van der Waals surface area contributed by atoms with Crippen molar-refractivity contribution in [3.05, 3.63) is 34.4 Å². The van der Waals surface area contributed by atoms with Crippen molar-refractivity contribution in [3.8, 4) is 0 Å². The molecule has 1 fully saturated rings. The van der Waals surface area contributed by atoms with Crippen LogP contribution in [0.1, 0.15) is 30.1 Å². The second kappa shape index (κ2) is 5.66. The van der Waals surface area contributed by atoms with Gasteiger partial charge in [0.05, 0.1) is 10.6 Å². The zero-order chi connectivity index (χ0) is 14.9. The van der Waals surface area contributed by atoms with Gasteiger partial charge in [-0.1, -0.05) is 11.6 Å². The van der Waals surface area contributed by atoms with Crippen LogP contribution in [0.5, 0.6) is 0 Å². The van der Waals surface area contributed by atoms with Gasteiger partial charge in [-0.15, -0.1) is 0 Å². The highest BCUT2D eigenvalue weighted by Crippen LogP contribution is 2.25. The summed E-state index contributed by atoms with van der Waals surface area (Å²) in [5, 5.41) is 2.90. The average Bonchev–Trinajstić information content (AvgIpc) is 2.43. The van der Waals surface area contributed by atoms with Crippen molar-refractivity contribution >= 4 is 17.5 Å². The molecule has 0 spiro atoms. The number of rotatable bonds is 2. The molecule has 110 valence electrons. The first kappa shape index (κ1) is 15.2. The van der Waals surface area contributed by atoms with Crippen LogP contribution in [-0.2, 0) is 0 Å². The summed E-state index contributed by atoms with van der Waals surface area (Å²) < 4.78 is 27.1. The molecule has 0 bridgehead atoms. The molecule has 1 aromatic carbocycles. The van der Waals surface area contributed by atoms with Crippen LogP contribution in [0.4, 0.5) is 8.78 Å². The maximum absolute atomic E-state index is 13.7. The van der Waals surface area contributed by atoms with Crippen molar-refractivity contribution in [2.24, 2.45) is 0 Å². The summed E-state index contributed by atoms with van der Waals surface area (Å²) in [5.41, 5.74) is -0.277. The Morgan fingerprint density at radius 2 is 1.90 bits per heavy atom. The van der Waals surface area contributed by atoms with Gasteiger partial charge in [0.25, 0.3) is 5.91 Å². The molecule has 1 aliphatic heterocycles. The second-order valence-corrected chi connectivity index (χ2v) is 5.76. The van der Waals surface area contributed by atoms with Crippen molar-refractivity contribution in [2.45, 2.75) is 25.3 Å². The maximum Gasteiger partial charge on any atom is 0.256 e. The predicted octanol–water partition coefficient (Wildman–Crippen LogP) is 2.83. The van der Waals surface area contributed by atoms with Crippen LogP contribution >= 0.6 is 11.6 Å². The summed E-state index contributed by atoms with van der Waals surface area (Å²) in [6, 6.07) is 1.71. The number of halogens is 3. The van der Waals surface area contributed by atoms with E-state index in [1.807, 2.05) is 7.05 Å². The number of hydrogen-bond donors (Lipinski definition) is 1. The monoisotopic (exact) mass is 302 g/mol. The first-order valence-corrected chi connectivity index (χ1v) is 6.87. The Balaban J connectivity index is 2.15. The van der Waals surface area contributed by atoms with Gasteiger partial charge in [-0.3, -0.25) is 4.79 Å². The van der Waals surface area contributed by atoms with Gasteiger partial charge in [-0.2, -0.15) is 0 Å². The van der Waals surface area contributed by atoms with Gasteiger partial charge in [0.1, 0.15) is 11.6 Å². The van der Waals surface area contributed by atoms with E-state index in [1.54, 1.807) is 4.90 Å². The first-order valence-electron chi connectivity index (χ1n) is 6.49. The fourth-order valence-corrected chi connectivity index (χ4v) is 2.46. The van der Waals surface area contributed by atoms with E-state index in [2.05, 4.69) is 12.2 Å². The normalized spacial score (nSPS) is 18.1. The zero-order valence-electron chi connectivity index (χ0n) is 11.5. The van der Waals surface area contributed by atoms with E-state index in [4.69, 9.17) is 11.6 Å². The van der Waals surface area contributed by atoms with E-state index in [1.165, 1.54) is 0 Å². The van der Waals surface area contributed by atoms with Crippen LogP contribution < -0.4 is 5.32 Å². The number of nitrogens with zero attached hydrogens (tertiary/aromatic N) is 1. The number of carbonyl (C=O) groups excluding carboxylic acids is 1. The van der Waals surface area contributed by atoms with E-state index in [0.29, 0.717) is 13.1 Å². The Bertz CT molecular complexity index is 528. The Kier molecular flexibility index (Phi) is 4.30. The van der Waals surface area contributed by atoms with Crippen LogP contribution in [0.25, 0.3) is 0 Å². The molecule has 3 nitrogen and oxygen atoms in total. The lowest BCUT2D eigenvalue weighted by Gasteiger charge is -2.39. The van der Waals surface area contributed by atoms with Gasteiger partial charge in [0, 0.05) is 18.6 Å². The summed E-state index contributed by atoms with van der Waals surface area (Å²) >= 11 is 5.48. The van der Waals surface area contributed by atoms with E-state index >= 15 is 0 Å². The van der Waals surface area contributed by atoms with E-state index in [-0.39, 0.29) is 16.1 Å². The van der Waals surface area contributed by atoms with Gasteiger partial charge in [0.15, 0.2) is 0 Å². The molecule has 6 heteroatoms. The molecule has 1 aliphatic rings. The largest absolute Gasteiger partial charge is 0.338 e. The van der Waals surface area contributed by atoms with Crippen LogP contribution in [0.2, 0.25) is 5.02 Å². The molecular formula is C14H17ClF2N2O. The van der Waals surface area contributed by atoms with Gasteiger partial charge < -0.3 is 10.2 Å². The standard InChI is InChI=1S/C14H17ClF2N2O/c1-14(18-2)3-5-19(6-4-14)13(20)9-7-12(17)10(15)8-11(9)16/h7-8,18H,3-6H2,1-2H3. The first-order chi connectivity index (χ1) is 9.36. The highest BCUT2D eigenvalue weighted by Gasteiger charge is 2.31. The lowest BCUT2D eigenvalue weighted by molar-refractivity contribution is 0.0656. The molecule has 1 amide bonds. The fourth-order valence-electron chi connectivity index (χ4n) is 2.31. The molecule has 0 saturated carbocycles. The molecule has 1 heterocycles. The summed E-state index contributed by atoms with van der Waals surface area (Å²) in [5.74, 6) is -2.06. The Morgan fingerprint density at radius 1 is 1.30 bits per heavy atom. The topological polar surface area (TPSA) is 32.3 Å². The van der Waals surface area contributed by atoms with Crippen LogP contribution in [0.15, 0.2) is 12.1 Å². The Morgan fingerprint density at radius 3 is 2.45 bits per heavy atom. The van der Waals surface area contributed by atoms with Gasteiger partial charge in [-0.05, 0) is 38.9 Å². The van der Waals surface area contributed by atoms with Crippen molar-refractivity contribution < 1.29 is 13.6 Å². The number of nitrogens with one attached hydrogen (secondary N) is 1. The number of benzene rings is 1. The third-order valence-electron chi connectivity index (χ3n) is 4.00. The summed E-state index contributed by atoms with van der Waals surface area (Å²) in [6.07, 6.45) is 1.54. The molecule has 0 radical (unpaired) electrons. The van der Waals surface area contributed by atoms with Crippen LogP contribution in [-0.4, -0.2) is 36.5 Å². The van der Waals surface area contributed by atoms with Crippen molar-refractivity contribution in [1.82, 2.24) is 10.2 Å². The predicted molar refractivity (Wildman–Crippen MR) is 74.0 cm³/mol. The average molecular weight is 303 g/mol. The fraction of sp³-hybridized carbons (Fsp3) is 0.500. The summed E-state index contributed by atoms with van der Waals surface area (Å²) in [6.45, 7) is 3.11. The molecule has 0 atom stereocenters. The molecule has 1 N–H and O–H groups in total. The minimum Gasteiger partial charge on any atom is -0.338 e. The Labute approximate surface area is 121 Å². The van der Waals surface area contributed by atoms with Gasteiger partial charge >= 0.3 is 0 Å². The Hall–Kier alpha value is -1.20. The third-order valence-corrected chi connectivity index (χ3v) is 4.29. The molecule has 1 saturated heterocycles. The minimum absolute atomic E-state index is 0.0133.